The van der Waals surface area contributed by atoms with Gasteiger partial charge in [-0.15, -0.1) is 34.2 Å². The number of rotatable bonds is 9. The number of aryl methyl sites for hydroxylation is 1. The van der Waals surface area contributed by atoms with Crippen LogP contribution < -0.4 is 15.4 Å². The molecule has 0 fully saturated rings. The van der Waals surface area contributed by atoms with Gasteiger partial charge in [0.05, 0.1) is 7.11 Å². The van der Waals surface area contributed by atoms with Crippen LogP contribution in [-0.2, 0) is 20.0 Å². The van der Waals surface area contributed by atoms with E-state index in [1.165, 1.54) is 5.56 Å². The number of unbranched alkanes of at least 4 members (excludes halogenated alkanes) is 1. The Hall–Kier alpha value is -1.84. The topological polar surface area (TPSA) is 76.4 Å². The molecule has 0 aliphatic heterocycles. The Labute approximate surface area is 179 Å². The van der Waals surface area contributed by atoms with Crippen LogP contribution >= 0.6 is 24.0 Å². The molecule has 1 aromatic heterocycles. The highest BCUT2D eigenvalue weighted by molar-refractivity contribution is 14.0. The van der Waals surface area contributed by atoms with E-state index in [4.69, 9.17) is 4.74 Å². The van der Waals surface area contributed by atoms with Crippen LogP contribution in [0.2, 0.25) is 0 Å². The average Bonchev–Trinajstić information content (AvgIpc) is 2.98. The molecule has 2 aromatic rings. The van der Waals surface area contributed by atoms with Crippen molar-refractivity contribution < 1.29 is 4.74 Å². The third-order valence-electron chi connectivity index (χ3n) is 4.26. The Morgan fingerprint density at radius 2 is 1.93 bits per heavy atom. The van der Waals surface area contributed by atoms with Gasteiger partial charge in [0.1, 0.15) is 18.1 Å². The molecule has 7 nitrogen and oxygen atoms in total. The number of hydrogen-bond donors (Lipinski definition) is 2. The zero-order valence-corrected chi connectivity index (χ0v) is 19.0. The molecule has 0 aliphatic carbocycles. The zero-order chi connectivity index (χ0) is 18.8. The Kier molecular flexibility index (Phi) is 10.8. The first-order valence-electron chi connectivity index (χ1n) is 9.14. The summed E-state index contributed by atoms with van der Waals surface area (Å²) in [6.07, 6.45) is 3.11. The summed E-state index contributed by atoms with van der Waals surface area (Å²) < 4.78 is 7.37. The van der Waals surface area contributed by atoms with Gasteiger partial charge in [0.25, 0.3) is 0 Å². The maximum Gasteiger partial charge on any atom is 0.191 e. The summed E-state index contributed by atoms with van der Waals surface area (Å²) >= 11 is 0. The minimum absolute atomic E-state index is 0. The molecule has 150 valence electrons. The Bertz CT molecular complexity index is 716. The molecule has 0 radical (unpaired) electrons. The lowest BCUT2D eigenvalue weighted by Crippen LogP contribution is -2.39. The molecule has 2 rings (SSSR count). The monoisotopic (exact) mass is 486 g/mol. The summed E-state index contributed by atoms with van der Waals surface area (Å²) in [5.74, 6) is 3.46. The van der Waals surface area contributed by atoms with Crippen molar-refractivity contribution in [3.63, 3.8) is 0 Å². The lowest BCUT2D eigenvalue weighted by Gasteiger charge is -2.13. The number of nitrogens with one attached hydrogen (secondary N) is 2. The molecule has 0 bridgehead atoms. The highest BCUT2D eigenvalue weighted by Crippen LogP contribution is 2.17. The fourth-order valence-corrected chi connectivity index (χ4v) is 2.52. The fourth-order valence-electron chi connectivity index (χ4n) is 2.52. The van der Waals surface area contributed by atoms with E-state index in [1.54, 1.807) is 7.11 Å². The van der Waals surface area contributed by atoms with Crippen molar-refractivity contribution in [2.75, 3.05) is 20.2 Å². The molecule has 0 unspecified atom stereocenters. The predicted octanol–water partition coefficient (Wildman–Crippen LogP) is 2.83. The van der Waals surface area contributed by atoms with Crippen molar-refractivity contribution in [3.8, 4) is 5.75 Å². The minimum atomic E-state index is 0. The molecule has 0 atom stereocenters. The molecular formula is C19H31IN6O. The van der Waals surface area contributed by atoms with Crippen molar-refractivity contribution in [1.29, 1.82) is 0 Å². The van der Waals surface area contributed by atoms with E-state index in [-0.39, 0.29) is 24.0 Å². The van der Waals surface area contributed by atoms with Crippen molar-refractivity contribution >= 4 is 29.9 Å². The number of ether oxygens (including phenoxy) is 1. The minimum Gasteiger partial charge on any atom is -0.496 e. The van der Waals surface area contributed by atoms with E-state index in [2.05, 4.69) is 38.8 Å². The molecule has 1 aromatic carbocycles. The summed E-state index contributed by atoms with van der Waals surface area (Å²) in [5.41, 5.74) is 1.18. The smallest absolute Gasteiger partial charge is 0.191 e. The van der Waals surface area contributed by atoms with E-state index in [1.807, 2.05) is 36.7 Å². The summed E-state index contributed by atoms with van der Waals surface area (Å²) in [5, 5.41) is 15.0. The molecular weight excluding hydrogens is 455 g/mol. The van der Waals surface area contributed by atoms with Crippen molar-refractivity contribution in [2.24, 2.45) is 12.0 Å². The van der Waals surface area contributed by atoms with Crippen molar-refractivity contribution in [2.45, 2.75) is 39.7 Å². The molecule has 0 amide bonds. The van der Waals surface area contributed by atoms with Gasteiger partial charge in [-0.25, -0.2) is 4.99 Å². The summed E-state index contributed by atoms with van der Waals surface area (Å²) in [4.78, 5) is 4.65. The molecule has 0 saturated heterocycles. The Morgan fingerprint density at radius 3 is 2.59 bits per heavy atom. The van der Waals surface area contributed by atoms with Gasteiger partial charge in [0, 0.05) is 20.1 Å². The van der Waals surface area contributed by atoms with Crippen LogP contribution in [0, 0.1) is 6.92 Å². The largest absolute Gasteiger partial charge is 0.496 e. The normalized spacial score (nSPS) is 11.0. The van der Waals surface area contributed by atoms with E-state index < -0.39 is 0 Å². The van der Waals surface area contributed by atoms with Gasteiger partial charge in [-0.2, -0.15) is 0 Å². The second-order valence-electron chi connectivity index (χ2n) is 6.16. The number of guanidine groups is 1. The van der Waals surface area contributed by atoms with Crippen LogP contribution in [-0.4, -0.2) is 40.9 Å². The van der Waals surface area contributed by atoms with Gasteiger partial charge in [-0.05, 0) is 31.4 Å². The molecule has 8 heteroatoms. The third-order valence-corrected chi connectivity index (χ3v) is 4.26. The lowest BCUT2D eigenvalue weighted by atomic mass is 10.1. The average molecular weight is 486 g/mol. The second kappa shape index (κ2) is 12.5. The van der Waals surface area contributed by atoms with Crippen LogP contribution in [0.3, 0.4) is 0 Å². The van der Waals surface area contributed by atoms with Gasteiger partial charge in [-0.1, -0.05) is 31.5 Å². The second-order valence-corrected chi connectivity index (χ2v) is 6.16. The van der Waals surface area contributed by atoms with Gasteiger partial charge >= 0.3 is 0 Å². The SMILES string of the molecule is CCCCNC(=NCc1nnc(C)n1C)NCCc1ccccc1OC.I. The first-order valence-corrected chi connectivity index (χ1v) is 9.14. The maximum atomic E-state index is 5.41. The first-order chi connectivity index (χ1) is 12.7. The molecule has 0 saturated carbocycles. The van der Waals surface area contributed by atoms with Crippen LogP contribution in [0.5, 0.6) is 5.75 Å². The fraction of sp³-hybridized carbons (Fsp3) is 0.526. The van der Waals surface area contributed by atoms with E-state index in [0.29, 0.717) is 6.54 Å². The molecule has 0 spiro atoms. The number of nitrogens with zero attached hydrogens (tertiary/aromatic N) is 4. The number of methoxy groups -OCH3 is 1. The zero-order valence-electron chi connectivity index (χ0n) is 16.7. The van der Waals surface area contributed by atoms with Crippen LogP contribution in [0.1, 0.15) is 37.0 Å². The first kappa shape index (κ1) is 23.2. The van der Waals surface area contributed by atoms with Gasteiger partial charge < -0.3 is 19.9 Å². The summed E-state index contributed by atoms with van der Waals surface area (Å²) in [6, 6.07) is 8.09. The highest BCUT2D eigenvalue weighted by Gasteiger charge is 2.06. The summed E-state index contributed by atoms with van der Waals surface area (Å²) in [7, 11) is 3.66. The van der Waals surface area contributed by atoms with E-state index in [9.17, 15) is 0 Å². The summed E-state index contributed by atoms with van der Waals surface area (Å²) in [6.45, 7) is 6.28. The number of para-hydroxylation sites is 1. The number of aromatic nitrogens is 3. The van der Waals surface area contributed by atoms with Crippen molar-refractivity contribution in [3.05, 3.63) is 41.5 Å². The lowest BCUT2D eigenvalue weighted by molar-refractivity contribution is 0.409. The Morgan fingerprint density at radius 1 is 1.19 bits per heavy atom. The van der Waals surface area contributed by atoms with Gasteiger partial charge in [0.2, 0.25) is 0 Å². The maximum absolute atomic E-state index is 5.41. The van der Waals surface area contributed by atoms with Crippen LogP contribution in [0.25, 0.3) is 0 Å². The highest BCUT2D eigenvalue weighted by atomic mass is 127. The molecule has 27 heavy (non-hydrogen) atoms. The van der Waals surface area contributed by atoms with Crippen molar-refractivity contribution in [1.82, 2.24) is 25.4 Å². The number of halogens is 1. The quantitative estimate of drug-likeness (QED) is 0.247. The van der Waals surface area contributed by atoms with Gasteiger partial charge in [-0.3, -0.25) is 0 Å². The van der Waals surface area contributed by atoms with Crippen LogP contribution in [0.15, 0.2) is 29.3 Å². The van der Waals surface area contributed by atoms with Gasteiger partial charge in [0.15, 0.2) is 11.8 Å². The number of aliphatic imine (C=N–C) groups is 1. The molecule has 2 N–H and O–H groups in total. The molecule has 1 heterocycles. The van der Waals surface area contributed by atoms with Crippen LogP contribution in [0.4, 0.5) is 0 Å². The van der Waals surface area contributed by atoms with E-state index >= 15 is 0 Å². The third kappa shape index (κ3) is 7.36. The number of hydrogen-bond acceptors (Lipinski definition) is 4. The Balaban J connectivity index is 0.00000364. The standard InChI is InChI=1S/C19H30N6O.HI/c1-5-6-12-20-19(22-14-18-24-23-15(2)25(18)3)21-13-11-16-9-7-8-10-17(16)26-4;/h7-10H,5-6,11-14H2,1-4H3,(H2,20,21,22);1H. The molecule has 0 aliphatic rings. The number of benzene rings is 1. The van der Waals surface area contributed by atoms with E-state index in [0.717, 1.165) is 55.7 Å². The predicted molar refractivity (Wildman–Crippen MR) is 120 cm³/mol.